The second kappa shape index (κ2) is 9.62. The maximum atomic E-state index is 12.2. The standard InChI is InChI=1S/C19H26N2O4S/c1-12-8-10-16(11-9-12)26-14(3)18(23)25-13(2)17(22)21-19(24)20-15-6-4-5-7-15/h8-11,13-15H,4-7H2,1-3H3,(H2,20,21,22,24)/t13-,14-/m1/s1. The summed E-state index contributed by atoms with van der Waals surface area (Å²) in [4.78, 5) is 37.0. The molecule has 0 radical (unpaired) electrons. The summed E-state index contributed by atoms with van der Waals surface area (Å²) >= 11 is 1.36. The highest BCUT2D eigenvalue weighted by molar-refractivity contribution is 8.00. The highest BCUT2D eigenvalue weighted by Gasteiger charge is 2.25. The number of hydrogen-bond donors (Lipinski definition) is 2. The van der Waals surface area contributed by atoms with E-state index in [4.69, 9.17) is 4.74 Å². The number of ether oxygens (including phenoxy) is 1. The van der Waals surface area contributed by atoms with Crippen LogP contribution < -0.4 is 10.6 Å². The van der Waals surface area contributed by atoms with Crippen LogP contribution in [0, 0.1) is 6.92 Å². The molecule has 0 spiro atoms. The van der Waals surface area contributed by atoms with Gasteiger partial charge in [0.05, 0.1) is 0 Å². The molecular weight excluding hydrogens is 352 g/mol. The van der Waals surface area contributed by atoms with Gasteiger partial charge in [-0.15, -0.1) is 11.8 Å². The van der Waals surface area contributed by atoms with E-state index < -0.39 is 29.3 Å². The number of amides is 3. The van der Waals surface area contributed by atoms with E-state index in [-0.39, 0.29) is 6.04 Å². The molecule has 26 heavy (non-hydrogen) atoms. The summed E-state index contributed by atoms with van der Waals surface area (Å²) in [6.45, 7) is 5.18. The van der Waals surface area contributed by atoms with Gasteiger partial charge in [0.15, 0.2) is 6.10 Å². The smallest absolute Gasteiger partial charge is 0.321 e. The van der Waals surface area contributed by atoms with Gasteiger partial charge in [-0.3, -0.25) is 14.9 Å². The molecule has 1 aromatic carbocycles. The normalized spacial score (nSPS) is 16.6. The molecule has 1 aromatic rings. The molecule has 0 aliphatic heterocycles. The Labute approximate surface area is 158 Å². The number of thioether (sulfide) groups is 1. The zero-order valence-corrected chi connectivity index (χ0v) is 16.2. The van der Waals surface area contributed by atoms with E-state index in [1.165, 1.54) is 18.7 Å². The maximum absolute atomic E-state index is 12.2. The predicted molar refractivity (Wildman–Crippen MR) is 101 cm³/mol. The highest BCUT2D eigenvalue weighted by atomic mass is 32.2. The molecule has 1 aliphatic rings. The Bertz CT molecular complexity index is 641. The summed E-state index contributed by atoms with van der Waals surface area (Å²) in [5, 5.41) is 4.54. The van der Waals surface area contributed by atoms with E-state index in [0.29, 0.717) is 0 Å². The van der Waals surface area contributed by atoms with Gasteiger partial charge >= 0.3 is 12.0 Å². The topological polar surface area (TPSA) is 84.5 Å². The molecule has 6 nitrogen and oxygen atoms in total. The number of urea groups is 1. The minimum atomic E-state index is -1.03. The zero-order valence-electron chi connectivity index (χ0n) is 15.4. The van der Waals surface area contributed by atoms with Gasteiger partial charge in [0.2, 0.25) is 0 Å². The summed E-state index contributed by atoms with van der Waals surface area (Å²) < 4.78 is 5.19. The van der Waals surface area contributed by atoms with Gasteiger partial charge in [-0.1, -0.05) is 30.5 Å². The van der Waals surface area contributed by atoms with E-state index >= 15 is 0 Å². The average Bonchev–Trinajstić information content (AvgIpc) is 3.09. The van der Waals surface area contributed by atoms with E-state index in [9.17, 15) is 14.4 Å². The van der Waals surface area contributed by atoms with E-state index in [1.54, 1.807) is 6.92 Å². The summed E-state index contributed by atoms with van der Waals surface area (Å²) in [5.41, 5.74) is 1.14. The van der Waals surface area contributed by atoms with Crippen molar-refractivity contribution in [2.75, 3.05) is 0 Å². The van der Waals surface area contributed by atoms with Crippen molar-refractivity contribution in [1.29, 1.82) is 0 Å². The van der Waals surface area contributed by atoms with Gasteiger partial charge in [0.1, 0.15) is 5.25 Å². The van der Waals surface area contributed by atoms with Crippen LogP contribution in [0.1, 0.15) is 45.1 Å². The number of nitrogens with one attached hydrogen (secondary N) is 2. The van der Waals surface area contributed by atoms with Crippen molar-refractivity contribution in [1.82, 2.24) is 10.6 Å². The number of rotatable bonds is 6. The maximum Gasteiger partial charge on any atom is 0.321 e. The van der Waals surface area contributed by atoms with Crippen LogP contribution in [-0.4, -0.2) is 35.3 Å². The largest absolute Gasteiger partial charge is 0.452 e. The first-order chi connectivity index (χ1) is 12.3. The number of esters is 1. The molecule has 2 rings (SSSR count). The van der Waals surface area contributed by atoms with Gasteiger partial charge in [0.25, 0.3) is 5.91 Å². The van der Waals surface area contributed by atoms with Crippen LogP contribution in [0.3, 0.4) is 0 Å². The number of aryl methyl sites for hydroxylation is 1. The SMILES string of the molecule is Cc1ccc(S[C@H](C)C(=O)O[C@H](C)C(=O)NC(=O)NC2CCCC2)cc1. The van der Waals surface area contributed by atoms with Crippen molar-refractivity contribution in [3.05, 3.63) is 29.8 Å². The number of carbonyl (C=O) groups is 3. The van der Waals surface area contributed by atoms with Crippen LogP contribution in [-0.2, 0) is 14.3 Å². The summed E-state index contributed by atoms with van der Waals surface area (Å²) in [6, 6.07) is 7.40. The third-order valence-corrected chi connectivity index (χ3v) is 5.35. The molecule has 1 aliphatic carbocycles. The van der Waals surface area contributed by atoms with Crippen LogP contribution in [0.15, 0.2) is 29.2 Å². The first-order valence-corrected chi connectivity index (χ1v) is 9.78. The number of imide groups is 1. The Hall–Kier alpha value is -2.02. The lowest BCUT2D eigenvalue weighted by Gasteiger charge is -2.17. The number of benzene rings is 1. The van der Waals surface area contributed by atoms with Crippen molar-refractivity contribution < 1.29 is 19.1 Å². The second-order valence-corrected chi connectivity index (χ2v) is 8.01. The van der Waals surface area contributed by atoms with Gasteiger partial charge in [-0.2, -0.15) is 0 Å². The fourth-order valence-corrected chi connectivity index (χ4v) is 3.55. The lowest BCUT2D eigenvalue weighted by atomic mass is 10.2. The van der Waals surface area contributed by atoms with Crippen LogP contribution in [0.2, 0.25) is 0 Å². The zero-order chi connectivity index (χ0) is 19.1. The predicted octanol–water partition coefficient (Wildman–Crippen LogP) is 3.18. The molecule has 1 fully saturated rings. The molecule has 2 atom stereocenters. The molecule has 0 unspecified atom stereocenters. The quantitative estimate of drug-likeness (QED) is 0.587. The summed E-state index contributed by atoms with van der Waals surface area (Å²) in [7, 11) is 0. The van der Waals surface area contributed by atoms with Crippen LogP contribution in [0.25, 0.3) is 0 Å². The molecule has 0 bridgehead atoms. The Morgan fingerprint density at radius 1 is 1.12 bits per heavy atom. The van der Waals surface area contributed by atoms with Crippen molar-refractivity contribution in [2.24, 2.45) is 0 Å². The Morgan fingerprint density at radius 2 is 1.73 bits per heavy atom. The van der Waals surface area contributed by atoms with E-state index in [0.717, 1.165) is 36.1 Å². The van der Waals surface area contributed by atoms with Crippen molar-refractivity contribution >= 4 is 29.7 Å². The number of hydrogen-bond acceptors (Lipinski definition) is 5. The Kier molecular flexibility index (Phi) is 7.50. The molecule has 142 valence electrons. The summed E-state index contributed by atoms with van der Waals surface area (Å²) in [5.74, 6) is -1.11. The van der Waals surface area contributed by atoms with Crippen LogP contribution >= 0.6 is 11.8 Å². The van der Waals surface area contributed by atoms with E-state index in [1.807, 2.05) is 31.2 Å². The number of carbonyl (C=O) groups excluding carboxylic acids is 3. The minimum absolute atomic E-state index is 0.117. The molecule has 1 saturated carbocycles. The third-order valence-electron chi connectivity index (χ3n) is 4.26. The molecule has 0 heterocycles. The van der Waals surface area contributed by atoms with Gasteiger partial charge < -0.3 is 10.1 Å². The van der Waals surface area contributed by atoms with Crippen molar-refractivity contribution in [2.45, 2.75) is 68.7 Å². The van der Waals surface area contributed by atoms with Gasteiger partial charge in [-0.25, -0.2) is 4.79 Å². The fraction of sp³-hybridized carbons (Fsp3) is 0.526. The Balaban J connectivity index is 1.76. The van der Waals surface area contributed by atoms with Gasteiger partial charge in [0, 0.05) is 10.9 Å². The van der Waals surface area contributed by atoms with Crippen LogP contribution in [0.5, 0.6) is 0 Å². The molecule has 0 aromatic heterocycles. The molecule has 0 saturated heterocycles. The van der Waals surface area contributed by atoms with Crippen molar-refractivity contribution in [3.63, 3.8) is 0 Å². The monoisotopic (exact) mass is 378 g/mol. The average molecular weight is 378 g/mol. The summed E-state index contributed by atoms with van der Waals surface area (Å²) in [6.07, 6.45) is 3.00. The molecule has 3 amide bonds. The molecule has 7 heteroatoms. The first-order valence-electron chi connectivity index (χ1n) is 8.90. The van der Waals surface area contributed by atoms with E-state index in [2.05, 4.69) is 10.6 Å². The third kappa shape index (κ3) is 6.37. The minimum Gasteiger partial charge on any atom is -0.452 e. The van der Waals surface area contributed by atoms with Gasteiger partial charge in [-0.05, 0) is 45.7 Å². The lowest BCUT2D eigenvalue weighted by molar-refractivity contribution is -0.153. The molecular formula is C19H26N2O4S. The second-order valence-electron chi connectivity index (χ2n) is 6.60. The van der Waals surface area contributed by atoms with Crippen LogP contribution in [0.4, 0.5) is 4.79 Å². The molecule has 2 N–H and O–H groups in total. The lowest BCUT2D eigenvalue weighted by Crippen LogP contribution is -2.47. The van der Waals surface area contributed by atoms with Crippen molar-refractivity contribution in [3.8, 4) is 0 Å². The fourth-order valence-electron chi connectivity index (χ4n) is 2.70. The highest BCUT2D eigenvalue weighted by Crippen LogP contribution is 2.24. The Morgan fingerprint density at radius 3 is 2.35 bits per heavy atom. The first kappa shape index (κ1) is 20.3.